The van der Waals surface area contributed by atoms with Crippen molar-refractivity contribution in [3.8, 4) is 0 Å². The number of rotatable bonds is 1. The van der Waals surface area contributed by atoms with Crippen molar-refractivity contribution in [1.29, 1.82) is 0 Å². The summed E-state index contributed by atoms with van der Waals surface area (Å²) >= 11 is 0. The molecule has 2 aromatic carbocycles. The first-order valence-corrected chi connectivity index (χ1v) is 8.35. The maximum Gasteiger partial charge on any atom is 0.255 e. The first kappa shape index (κ1) is 15.0. The molecule has 4 heterocycles. The number of hydrogen-bond donors (Lipinski definition) is 0. The normalized spacial score (nSPS) is 28.8. The predicted octanol–water partition coefficient (Wildman–Crippen LogP) is 3.31. The molecule has 3 fully saturated rings. The van der Waals surface area contributed by atoms with Gasteiger partial charge in [-0.1, -0.05) is 30.3 Å². The fourth-order valence-corrected chi connectivity index (χ4v) is 4.69. The smallest absolute Gasteiger partial charge is 0.255 e. The SMILES string of the molecule is Cl.O=C1c2cccc3cccc(c23)CN1[C@@H]1CN2CCC1CC2. The van der Waals surface area contributed by atoms with Crippen LogP contribution < -0.4 is 0 Å². The van der Waals surface area contributed by atoms with Crippen molar-refractivity contribution in [1.82, 2.24) is 9.80 Å². The Hall–Kier alpha value is -1.58. The van der Waals surface area contributed by atoms with Crippen molar-refractivity contribution in [2.75, 3.05) is 19.6 Å². The van der Waals surface area contributed by atoms with E-state index in [1.165, 1.54) is 42.3 Å². The molecule has 0 spiro atoms. The molecular formula is C19H21ClN2O. The van der Waals surface area contributed by atoms with Gasteiger partial charge in [-0.15, -0.1) is 12.4 Å². The molecule has 0 radical (unpaired) electrons. The van der Waals surface area contributed by atoms with Crippen LogP contribution in [0.2, 0.25) is 0 Å². The summed E-state index contributed by atoms with van der Waals surface area (Å²) in [6, 6.07) is 12.9. The topological polar surface area (TPSA) is 23.6 Å². The van der Waals surface area contributed by atoms with Gasteiger partial charge in [0.1, 0.15) is 0 Å². The molecule has 2 aromatic rings. The minimum Gasteiger partial charge on any atom is -0.330 e. The number of carbonyl (C=O) groups excluding carboxylic acids is 1. The second-order valence-corrected chi connectivity index (χ2v) is 6.96. The van der Waals surface area contributed by atoms with Crippen LogP contribution in [0.3, 0.4) is 0 Å². The van der Waals surface area contributed by atoms with Crippen LogP contribution in [0.5, 0.6) is 0 Å². The lowest BCUT2D eigenvalue weighted by molar-refractivity contribution is 0.00406. The van der Waals surface area contributed by atoms with E-state index in [1.54, 1.807) is 0 Å². The van der Waals surface area contributed by atoms with Gasteiger partial charge in [-0.3, -0.25) is 4.79 Å². The summed E-state index contributed by atoms with van der Waals surface area (Å²) in [4.78, 5) is 17.8. The average molecular weight is 329 g/mol. The molecule has 3 nitrogen and oxygen atoms in total. The fraction of sp³-hybridized carbons (Fsp3) is 0.421. The van der Waals surface area contributed by atoms with Gasteiger partial charge in [0, 0.05) is 24.7 Å². The van der Waals surface area contributed by atoms with E-state index in [2.05, 4.69) is 34.1 Å². The van der Waals surface area contributed by atoms with E-state index >= 15 is 0 Å². The van der Waals surface area contributed by atoms with Crippen molar-refractivity contribution >= 4 is 29.1 Å². The van der Waals surface area contributed by atoms with Gasteiger partial charge in [-0.05, 0) is 54.3 Å². The van der Waals surface area contributed by atoms with E-state index in [0.717, 1.165) is 18.7 Å². The van der Waals surface area contributed by atoms with Crippen LogP contribution in [0.1, 0.15) is 28.8 Å². The summed E-state index contributed by atoms with van der Waals surface area (Å²) in [5, 5.41) is 2.37. The highest BCUT2D eigenvalue weighted by Crippen LogP contribution is 2.36. The quantitative estimate of drug-likeness (QED) is 0.802. The monoisotopic (exact) mass is 328 g/mol. The summed E-state index contributed by atoms with van der Waals surface area (Å²) in [5.41, 5.74) is 2.21. The van der Waals surface area contributed by atoms with Crippen molar-refractivity contribution < 1.29 is 4.79 Å². The van der Waals surface area contributed by atoms with Gasteiger partial charge in [0.2, 0.25) is 0 Å². The predicted molar refractivity (Wildman–Crippen MR) is 94.0 cm³/mol. The Bertz CT molecular complexity index is 762. The maximum absolute atomic E-state index is 13.1. The molecule has 4 heteroatoms. The summed E-state index contributed by atoms with van der Waals surface area (Å²) in [6.07, 6.45) is 2.50. The standard InChI is InChI=1S/C19H20N2O.ClH/c22-19-16-6-2-4-14-3-1-5-15(18(14)16)11-21(19)17-12-20-9-7-13(17)8-10-20;/h1-6,13,17H,7-12H2;1H/t17-;/m1./s1. The minimum atomic E-state index is 0. The largest absolute Gasteiger partial charge is 0.330 e. The Labute approximate surface area is 142 Å². The Balaban J connectivity index is 0.00000135. The van der Waals surface area contributed by atoms with Gasteiger partial charge in [0.15, 0.2) is 0 Å². The van der Waals surface area contributed by atoms with E-state index in [-0.39, 0.29) is 18.3 Å². The highest BCUT2D eigenvalue weighted by molar-refractivity contribution is 6.10. The molecule has 0 N–H and O–H groups in total. The molecule has 6 rings (SSSR count). The third-order valence-corrected chi connectivity index (χ3v) is 5.84. The molecule has 0 saturated carbocycles. The van der Waals surface area contributed by atoms with Gasteiger partial charge in [0.05, 0.1) is 0 Å². The number of fused-ring (bicyclic) bond motifs is 3. The van der Waals surface area contributed by atoms with Crippen molar-refractivity contribution in [2.45, 2.75) is 25.4 Å². The number of halogens is 1. The van der Waals surface area contributed by atoms with Gasteiger partial charge >= 0.3 is 0 Å². The van der Waals surface area contributed by atoms with Crippen LogP contribution >= 0.6 is 12.4 Å². The lowest BCUT2D eigenvalue weighted by Crippen LogP contribution is -2.58. The van der Waals surface area contributed by atoms with Crippen molar-refractivity contribution in [3.63, 3.8) is 0 Å². The summed E-state index contributed by atoms with van der Waals surface area (Å²) < 4.78 is 0. The van der Waals surface area contributed by atoms with Crippen LogP contribution in [0.4, 0.5) is 0 Å². The molecule has 3 saturated heterocycles. The second-order valence-electron chi connectivity index (χ2n) is 6.96. The van der Waals surface area contributed by atoms with Gasteiger partial charge in [-0.2, -0.15) is 0 Å². The Morgan fingerprint density at radius 2 is 1.74 bits per heavy atom. The second kappa shape index (κ2) is 5.50. The number of piperidine rings is 3. The zero-order valence-corrected chi connectivity index (χ0v) is 13.9. The van der Waals surface area contributed by atoms with Crippen molar-refractivity contribution in [3.05, 3.63) is 47.5 Å². The number of carbonyl (C=O) groups is 1. The average Bonchev–Trinajstić information content (AvgIpc) is 2.59. The Morgan fingerprint density at radius 3 is 2.43 bits per heavy atom. The molecule has 1 atom stereocenters. The number of amides is 1. The molecule has 1 amide bonds. The van der Waals surface area contributed by atoms with Crippen LogP contribution in [0.15, 0.2) is 36.4 Å². The number of hydrogen-bond acceptors (Lipinski definition) is 2. The van der Waals surface area contributed by atoms with E-state index in [9.17, 15) is 4.79 Å². The van der Waals surface area contributed by atoms with E-state index in [1.807, 2.05) is 12.1 Å². The van der Waals surface area contributed by atoms with Crippen LogP contribution in [0.25, 0.3) is 10.8 Å². The zero-order valence-electron chi connectivity index (χ0n) is 13.1. The van der Waals surface area contributed by atoms with E-state index < -0.39 is 0 Å². The first-order valence-electron chi connectivity index (χ1n) is 8.35. The van der Waals surface area contributed by atoms with Crippen LogP contribution in [0, 0.1) is 5.92 Å². The molecule has 4 aliphatic rings. The molecule has 0 unspecified atom stereocenters. The lowest BCUT2D eigenvalue weighted by atomic mass is 9.81. The molecule has 120 valence electrons. The van der Waals surface area contributed by atoms with Gasteiger partial charge < -0.3 is 9.80 Å². The van der Waals surface area contributed by atoms with Crippen LogP contribution in [-0.2, 0) is 6.54 Å². The minimum absolute atomic E-state index is 0. The number of nitrogens with zero attached hydrogens (tertiary/aromatic N) is 2. The van der Waals surface area contributed by atoms with E-state index in [0.29, 0.717) is 12.0 Å². The summed E-state index contributed by atoms with van der Waals surface area (Å²) in [5.74, 6) is 0.932. The molecule has 4 aliphatic heterocycles. The molecular weight excluding hydrogens is 308 g/mol. The highest BCUT2D eigenvalue weighted by atomic mass is 35.5. The Morgan fingerprint density at radius 1 is 1.00 bits per heavy atom. The van der Waals surface area contributed by atoms with Crippen molar-refractivity contribution in [2.24, 2.45) is 5.92 Å². The summed E-state index contributed by atoms with van der Waals surface area (Å²) in [7, 11) is 0. The summed E-state index contributed by atoms with van der Waals surface area (Å²) in [6.45, 7) is 4.28. The zero-order chi connectivity index (χ0) is 14.7. The first-order chi connectivity index (χ1) is 10.8. The molecule has 0 aromatic heterocycles. The Kier molecular flexibility index (Phi) is 3.58. The third-order valence-electron chi connectivity index (χ3n) is 5.84. The lowest BCUT2D eigenvalue weighted by Gasteiger charge is -2.49. The molecule has 2 bridgehead atoms. The maximum atomic E-state index is 13.1. The molecule has 0 aliphatic carbocycles. The number of benzene rings is 2. The molecule has 23 heavy (non-hydrogen) atoms. The van der Waals surface area contributed by atoms with Gasteiger partial charge in [0.25, 0.3) is 5.91 Å². The highest BCUT2D eigenvalue weighted by Gasteiger charge is 2.41. The van der Waals surface area contributed by atoms with E-state index in [4.69, 9.17) is 0 Å². The van der Waals surface area contributed by atoms with Gasteiger partial charge in [-0.25, -0.2) is 0 Å². The fourth-order valence-electron chi connectivity index (χ4n) is 4.69. The van der Waals surface area contributed by atoms with Crippen LogP contribution in [-0.4, -0.2) is 41.4 Å². The third kappa shape index (κ3) is 2.18.